The molecule has 0 aromatic carbocycles. The first-order valence-corrected chi connectivity index (χ1v) is 21.8. The van der Waals surface area contributed by atoms with Crippen LogP contribution >= 0.6 is 0 Å². The van der Waals surface area contributed by atoms with Crippen molar-refractivity contribution in [3.8, 4) is 0 Å². The maximum absolute atomic E-state index is 14.6. The van der Waals surface area contributed by atoms with Crippen molar-refractivity contribution in [3.05, 3.63) is 0 Å². The van der Waals surface area contributed by atoms with Crippen LogP contribution in [-0.4, -0.2) is 65.4 Å². The van der Waals surface area contributed by atoms with Crippen molar-refractivity contribution in [2.24, 2.45) is 40.4 Å². The quantitative estimate of drug-likeness (QED) is 0.213. The van der Waals surface area contributed by atoms with Crippen molar-refractivity contribution in [2.45, 2.75) is 174 Å². The van der Waals surface area contributed by atoms with Crippen molar-refractivity contribution in [1.82, 2.24) is 4.90 Å². The van der Waals surface area contributed by atoms with Gasteiger partial charge in [-0.1, -0.05) is 78.1 Å². The van der Waals surface area contributed by atoms with E-state index in [2.05, 4.69) is 13.8 Å². The number of rotatable bonds is 10. The molecule has 1 amide bonds. The second kappa shape index (κ2) is 15.6. The number of nitrogens with zero attached hydrogens (tertiary/aromatic N) is 1. The number of ketones is 4. The average molecular weight is 716 g/mol. The van der Waals surface area contributed by atoms with Gasteiger partial charge in [0.15, 0.2) is 21.4 Å². The highest BCUT2D eigenvalue weighted by Gasteiger charge is 2.69. The third-order valence-corrected chi connectivity index (χ3v) is 16.3. The van der Waals surface area contributed by atoms with Gasteiger partial charge in [0.05, 0.1) is 16.5 Å². The molecule has 0 aromatic rings. The zero-order valence-electron chi connectivity index (χ0n) is 31.7. The van der Waals surface area contributed by atoms with Gasteiger partial charge in [-0.3, -0.25) is 24.0 Å². The third-order valence-electron chi connectivity index (χ3n) is 13.4. The first-order valence-electron chi connectivity index (χ1n) is 20.1. The minimum atomic E-state index is -3.44. The number of hydrogen-bond donors (Lipinski definition) is 0. The second-order valence-electron chi connectivity index (χ2n) is 18.8. The number of Topliss-reactive ketones (excluding diaryl/α,β-unsaturated/α-hetero) is 4. The number of carbonyl (C=O) groups excluding carboxylic acids is 5. The summed E-state index contributed by atoms with van der Waals surface area (Å²) in [6.45, 7) is 9.94. The second-order valence-corrected chi connectivity index (χ2v) is 21.5. The van der Waals surface area contributed by atoms with Gasteiger partial charge in [-0.2, -0.15) is 0 Å². The summed E-state index contributed by atoms with van der Waals surface area (Å²) in [5, 5.41) is 0. The Morgan fingerprint density at radius 3 is 1.98 bits per heavy atom. The van der Waals surface area contributed by atoms with Crippen molar-refractivity contribution >= 4 is 38.9 Å². The molecule has 0 spiro atoms. The van der Waals surface area contributed by atoms with E-state index in [1.54, 1.807) is 25.7 Å². The SMILES string of the molecule is CC1(C)[C@@H]2[C@H]3C(=O)C[C@H](C(=O)C(=O)CC4CC4)CCCCCCCCC[C@H](CC(=O)CC4(CS(=O)(=O)C(C)(C)C)CCCCC4)C(=O)N3C[C@@H]21. The highest BCUT2D eigenvalue weighted by molar-refractivity contribution is 7.92. The van der Waals surface area contributed by atoms with E-state index in [1.165, 1.54) is 0 Å². The molecular formula is C41H65NO7S. The fourth-order valence-corrected chi connectivity index (χ4v) is 11.4. The Labute approximate surface area is 302 Å². The fourth-order valence-electron chi connectivity index (χ4n) is 9.76. The van der Waals surface area contributed by atoms with E-state index < -0.39 is 43.7 Å². The fraction of sp³-hybridized carbons (Fsp3) is 0.878. The lowest BCUT2D eigenvalue weighted by atomic mass is 9.71. The lowest BCUT2D eigenvalue weighted by molar-refractivity contribution is -0.146. The number of amides is 1. The molecule has 2 heterocycles. The van der Waals surface area contributed by atoms with E-state index in [1.807, 2.05) is 0 Å². The first kappa shape index (κ1) is 39.3. The third kappa shape index (κ3) is 9.17. The normalized spacial score (nSPS) is 31.1. The summed E-state index contributed by atoms with van der Waals surface area (Å²) < 4.78 is 25.9. The minimum Gasteiger partial charge on any atom is -0.332 e. The summed E-state index contributed by atoms with van der Waals surface area (Å²) >= 11 is 0. The number of sulfone groups is 1. The van der Waals surface area contributed by atoms with Gasteiger partial charge in [-0.05, 0) is 87.9 Å². The number of hydrogen-bond acceptors (Lipinski definition) is 7. The van der Waals surface area contributed by atoms with Gasteiger partial charge in [0.25, 0.3) is 0 Å². The molecule has 9 heteroatoms. The summed E-state index contributed by atoms with van der Waals surface area (Å²) in [6, 6.07) is -0.636. The lowest BCUT2D eigenvalue weighted by Gasteiger charge is -2.39. The topological polar surface area (TPSA) is 123 Å². The molecule has 5 rings (SSSR count). The predicted octanol–water partition coefficient (Wildman–Crippen LogP) is 7.64. The summed E-state index contributed by atoms with van der Waals surface area (Å²) in [5.74, 6) is -1.71. The molecule has 3 aliphatic carbocycles. The van der Waals surface area contributed by atoms with Crippen LogP contribution in [0.25, 0.3) is 0 Å². The largest absolute Gasteiger partial charge is 0.332 e. The average Bonchev–Trinajstić information content (AvgIpc) is 3.88. The Morgan fingerprint density at radius 2 is 1.38 bits per heavy atom. The molecule has 0 unspecified atom stereocenters. The smallest absolute Gasteiger partial charge is 0.226 e. The van der Waals surface area contributed by atoms with Crippen LogP contribution in [0.15, 0.2) is 0 Å². The molecular weight excluding hydrogens is 651 g/mol. The van der Waals surface area contributed by atoms with E-state index in [0.29, 0.717) is 38.1 Å². The van der Waals surface area contributed by atoms with Crippen LogP contribution in [0.3, 0.4) is 0 Å². The van der Waals surface area contributed by atoms with Crippen LogP contribution in [0, 0.1) is 40.4 Å². The summed E-state index contributed by atoms with van der Waals surface area (Å²) in [6.07, 6.45) is 14.5. The summed E-state index contributed by atoms with van der Waals surface area (Å²) in [4.78, 5) is 71.1. The monoisotopic (exact) mass is 715 g/mol. The highest BCUT2D eigenvalue weighted by Crippen LogP contribution is 2.65. The minimum absolute atomic E-state index is 0.00194. The van der Waals surface area contributed by atoms with Crippen LogP contribution in [0.1, 0.15) is 163 Å². The van der Waals surface area contributed by atoms with Gasteiger partial charge in [0.1, 0.15) is 5.78 Å². The van der Waals surface area contributed by atoms with Gasteiger partial charge in [0, 0.05) is 44.1 Å². The molecule has 2 aliphatic heterocycles. The number of fused-ring (bicyclic) bond motifs is 3. The van der Waals surface area contributed by atoms with Gasteiger partial charge in [-0.25, -0.2) is 8.42 Å². The predicted molar refractivity (Wildman–Crippen MR) is 195 cm³/mol. The lowest BCUT2D eigenvalue weighted by Crippen LogP contribution is -2.49. The molecule has 50 heavy (non-hydrogen) atoms. The Hall–Kier alpha value is -1.90. The first-order chi connectivity index (χ1) is 23.5. The van der Waals surface area contributed by atoms with Crippen molar-refractivity contribution in [1.29, 1.82) is 0 Å². The highest BCUT2D eigenvalue weighted by atomic mass is 32.2. The molecule has 0 bridgehead atoms. The molecule has 5 aliphatic rings. The Balaban J connectivity index is 1.36. The maximum atomic E-state index is 14.6. The maximum Gasteiger partial charge on any atom is 0.226 e. The van der Waals surface area contributed by atoms with E-state index in [-0.39, 0.29) is 71.9 Å². The van der Waals surface area contributed by atoms with Crippen LogP contribution < -0.4 is 0 Å². The van der Waals surface area contributed by atoms with Crippen molar-refractivity contribution in [3.63, 3.8) is 0 Å². The molecule has 5 fully saturated rings. The Morgan fingerprint density at radius 1 is 0.800 bits per heavy atom. The van der Waals surface area contributed by atoms with E-state index in [0.717, 1.165) is 77.0 Å². The summed E-state index contributed by atoms with van der Waals surface area (Å²) in [7, 11) is -3.44. The van der Waals surface area contributed by atoms with E-state index in [9.17, 15) is 32.4 Å². The van der Waals surface area contributed by atoms with Crippen LogP contribution in [0.4, 0.5) is 0 Å². The molecule has 2 saturated heterocycles. The Kier molecular flexibility index (Phi) is 12.3. The molecule has 0 radical (unpaired) electrons. The number of carbonyl (C=O) groups is 5. The van der Waals surface area contributed by atoms with Gasteiger partial charge in [-0.15, -0.1) is 0 Å². The summed E-state index contributed by atoms with van der Waals surface area (Å²) in [5.41, 5.74) is -0.685. The van der Waals surface area contributed by atoms with Crippen LogP contribution in [0.5, 0.6) is 0 Å². The molecule has 5 atom stereocenters. The standard InChI is InChI=1S/C41H65NO7S/c1-39(2,3)50(48,49)27-41(20-14-11-15-21-41)25-31(43)23-30-17-13-10-8-6-7-9-12-16-29(37(46)34(45)22-28-18-19-28)24-33(44)36-35-32(40(35,4)5)26-42(36)38(30)47/h28-30,32,35-36H,6-27H2,1-5H3/t29-,30-,32+,35+,36-/m1/s1. The van der Waals surface area contributed by atoms with Crippen molar-refractivity contribution < 1.29 is 32.4 Å². The zero-order valence-corrected chi connectivity index (χ0v) is 32.6. The van der Waals surface area contributed by atoms with Gasteiger partial charge in [0.2, 0.25) is 11.7 Å². The number of piperidine rings is 1. The van der Waals surface area contributed by atoms with Crippen molar-refractivity contribution in [2.75, 3.05) is 12.3 Å². The molecule has 282 valence electrons. The van der Waals surface area contributed by atoms with Gasteiger partial charge >= 0.3 is 0 Å². The molecule has 3 saturated carbocycles. The van der Waals surface area contributed by atoms with Crippen LogP contribution in [-0.2, 0) is 33.8 Å². The van der Waals surface area contributed by atoms with Gasteiger partial charge < -0.3 is 4.90 Å². The molecule has 0 N–H and O–H groups in total. The van der Waals surface area contributed by atoms with E-state index in [4.69, 9.17) is 0 Å². The molecule has 0 aromatic heterocycles. The van der Waals surface area contributed by atoms with Crippen LogP contribution in [0.2, 0.25) is 0 Å². The molecule has 8 nitrogen and oxygen atoms in total. The Bertz CT molecular complexity index is 1400. The zero-order chi connectivity index (χ0) is 36.5. The van der Waals surface area contributed by atoms with E-state index >= 15 is 0 Å².